The fourth-order valence-electron chi connectivity index (χ4n) is 1.31. The van der Waals surface area contributed by atoms with Gasteiger partial charge in [-0.25, -0.2) is 8.42 Å². The summed E-state index contributed by atoms with van der Waals surface area (Å²) in [5, 5.41) is 0. The third-order valence-electron chi connectivity index (χ3n) is 2.03. The van der Waals surface area contributed by atoms with Crippen LogP contribution in [0.2, 0.25) is 0 Å². The Labute approximate surface area is 138 Å². The molecule has 0 aromatic heterocycles. The lowest BCUT2D eigenvalue weighted by Crippen LogP contribution is -1.88. The van der Waals surface area contributed by atoms with E-state index in [2.05, 4.69) is 0 Å². The summed E-state index contributed by atoms with van der Waals surface area (Å²) < 4.78 is 40.5. The van der Waals surface area contributed by atoms with Crippen molar-refractivity contribution >= 4 is 48.2 Å². The van der Waals surface area contributed by atoms with E-state index in [4.69, 9.17) is 4.52 Å². The third kappa shape index (κ3) is 8.00. The van der Waals surface area contributed by atoms with Crippen LogP contribution in [-0.4, -0.2) is 27.0 Å². The van der Waals surface area contributed by atoms with Gasteiger partial charge in [0.15, 0.2) is 0 Å². The number of hydrogen-bond donors (Lipinski definition) is 0. The van der Waals surface area contributed by atoms with Crippen molar-refractivity contribution < 1.29 is 17.5 Å². The summed E-state index contributed by atoms with van der Waals surface area (Å²) in [5.41, 5.74) is 0. The molecule has 1 unspecified atom stereocenters. The second kappa shape index (κ2) is 8.89. The smallest absolute Gasteiger partial charge is 0.314 e. The first-order chi connectivity index (χ1) is 9.78. The van der Waals surface area contributed by atoms with E-state index in [1.807, 2.05) is 13.8 Å². The number of hydrogen-bond acceptors (Lipinski definition) is 7. The Bertz CT molecular complexity index is 586. The van der Waals surface area contributed by atoms with E-state index in [0.29, 0.717) is 11.5 Å². The van der Waals surface area contributed by atoms with Crippen LogP contribution >= 0.6 is 39.3 Å². The summed E-state index contributed by atoms with van der Waals surface area (Å²) in [4.78, 5) is 1.46. The third-order valence-corrected chi connectivity index (χ3v) is 11.5. The normalized spacial score (nSPS) is 14.8. The minimum absolute atomic E-state index is 0.406. The van der Waals surface area contributed by atoms with Crippen molar-refractivity contribution in [1.29, 1.82) is 0 Å². The molecule has 0 bridgehead atoms. The van der Waals surface area contributed by atoms with Gasteiger partial charge in [-0.15, -0.1) is 0 Å². The van der Waals surface area contributed by atoms with Crippen LogP contribution in [0.1, 0.15) is 20.3 Å². The SMILES string of the molecule is CCCSP(=O)(OCC)Sc1ccc(SS(C)(=O)=O)cc1. The minimum Gasteiger partial charge on any atom is -0.314 e. The van der Waals surface area contributed by atoms with Crippen LogP contribution in [0.4, 0.5) is 0 Å². The predicted molar refractivity (Wildman–Crippen MR) is 95.0 cm³/mol. The lowest BCUT2D eigenvalue weighted by molar-refractivity contribution is 0.357. The number of rotatable bonds is 9. The van der Waals surface area contributed by atoms with Crippen molar-refractivity contribution in [3.63, 3.8) is 0 Å². The van der Waals surface area contributed by atoms with Crippen LogP contribution < -0.4 is 0 Å². The molecule has 1 aromatic rings. The molecule has 0 amide bonds. The monoisotopic (exact) mass is 386 g/mol. The zero-order valence-electron chi connectivity index (χ0n) is 12.1. The zero-order chi connectivity index (χ0) is 15.9. The molecule has 9 heteroatoms. The van der Waals surface area contributed by atoms with E-state index in [1.54, 1.807) is 24.3 Å². The average molecular weight is 387 g/mol. The van der Waals surface area contributed by atoms with Gasteiger partial charge in [0.05, 0.1) is 6.61 Å². The van der Waals surface area contributed by atoms with Crippen molar-refractivity contribution in [1.82, 2.24) is 0 Å². The van der Waals surface area contributed by atoms with Crippen LogP contribution in [0, 0.1) is 0 Å². The molecule has 0 fully saturated rings. The van der Waals surface area contributed by atoms with Crippen LogP contribution in [0.15, 0.2) is 34.1 Å². The highest BCUT2D eigenvalue weighted by atomic mass is 33.1. The Hall–Kier alpha value is 0.410. The van der Waals surface area contributed by atoms with Gasteiger partial charge >= 0.3 is 5.77 Å². The molecular formula is C12H19O4PS4. The Kier molecular flexibility index (Phi) is 8.24. The van der Waals surface area contributed by atoms with E-state index in [9.17, 15) is 13.0 Å². The Balaban J connectivity index is 2.78. The standard InChI is InChI=1S/C12H19O4PS4/c1-4-10-18-17(13,16-5-2)19-11-6-8-12(9-7-11)20-21(3,14)15/h6-9H,4-5,10H2,1-3H3. The summed E-state index contributed by atoms with van der Waals surface area (Å²) in [5.74, 6) is -2.02. The highest BCUT2D eigenvalue weighted by Crippen LogP contribution is 2.72. The van der Waals surface area contributed by atoms with Crippen molar-refractivity contribution in [2.75, 3.05) is 18.6 Å². The fourth-order valence-corrected chi connectivity index (χ4v) is 10.2. The van der Waals surface area contributed by atoms with Crippen LogP contribution in [-0.2, 0) is 18.0 Å². The topological polar surface area (TPSA) is 60.4 Å². The van der Waals surface area contributed by atoms with Gasteiger partial charge in [-0.2, -0.15) is 0 Å². The average Bonchev–Trinajstić information content (AvgIpc) is 2.37. The van der Waals surface area contributed by atoms with Gasteiger partial charge in [0, 0.05) is 32.6 Å². The maximum atomic E-state index is 12.7. The molecule has 0 N–H and O–H groups in total. The largest absolute Gasteiger partial charge is 0.317 e. The minimum atomic E-state index is -3.12. The van der Waals surface area contributed by atoms with Gasteiger partial charge in [-0.1, -0.05) is 18.3 Å². The Morgan fingerprint density at radius 3 is 2.19 bits per heavy atom. The second-order valence-electron chi connectivity index (χ2n) is 4.05. The summed E-state index contributed by atoms with van der Waals surface area (Å²) in [7, 11) is -2.31. The van der Waals surface area contributed by atoms with Crippen molar-refractivity contribution in [3.8, 4) is 0 Å². The maximum Gasteiger partial charge on any atom is 0.317 e. The van der Waals surface area contributed by atoms with Crippen LogP contribution in [0.5, 0.6) is 0 Å². The fraction of sp³-hybridized carbons (Fsp3) is 0.500. The molecule has 0 heterocycles. The van der Waals surface area contributed by atoms with E-state index in [0.717, 1.165) is 27.9 Å². The maximum absolute atomic E-state index is 12.7. The summed E-state index contributed by atoms with van der Waals surface area (Å²) in [6.45, 7) is 4.26. The quantitative estimate of drug-likeness (QED) is 0.431. The molecule has 0 aliphatic rings. The molecule has 0 aliphatic carbocycles. The summed E-state index contributed by atoms with van der Waals surface area (Å²) >= 11 is 2.57. The number of benzene rings is 1. The summed E-state index contributed by atoms with van der Waals surface area (Å²) in [6.07, 6.45) is 2.11. The predicted octanol–water partition coefficient (Wildman–Crippen LogP) is 5.12. The van der Waals surface area contributed by atoms with Gasteiger partial charge in [-0.05, 0) is 49.0 Å². The zero-order valence-corrected chi connectivity index (χ0v) is 16.3. The molecule has 1 atom stereocenters. The molecule has 120 valence electrons. The molecular weight excluding hydrogens is 367 g/mol. The molecule has 0 aliphatic heterocycles. The van der Waals surface area contributed by atoms with E-state index in [1.165, 1.54) is 29.0 Å². The molecule has 4 nitrogen and oxygen atoms in total. The Morgan fingerprint density at radius 1 is 1.14 bits per heavy atom. The van der Waals surface area contributed by atoms with Crippen molar-refractivity contribution in [2.24, 2.45) is 0 Å². The van der Waals surface area contributed by atoms with Gasteiger partial charge in [0.2, 0.25) is 8.87 Å². The molecule has 1 aromatic carbocycles. The summed E-state index contributed by atoms with van der Waals surface area (Å²) in [6, 6.07) is 6.98. The van der Waals surface area contributed by atoms with Gasteiger partial charge in [0.1, 0.15) is 0 Å². The molecule has 0 radical (unpaired) electrons. The first-order valence-electron chi connectivity index (χ1n) is 6.36. The Morgan fingerprint density at radius 2 is 1.71 bits per heavy atom. The lowest BCUT2D eigenvalue weighted by atomic mass is 10.4. The van der Waals surface area contributed by atoms with Gasteiger partial charge in [0.25, 0.3) is 0 Å². The molecule has 0 saturated carbocycles. The second-order valence-corrected chi connectivity index (χ2v) is 15.8. The molecule has 21 heavy (non-hydrogen) atoms. The van der Waals surface area contributed by atoms with Gasteiger partial charge < -0.3 is 4.52 Å². The van der Waals surface area contributed by atoms with Crippen molar-refractivity contribution in [3.05, 3.63) is 24.3 Å². The first kappa shape index (κ1) is 19.5. The van der Waals surface area contributed by atoms with E-state index >= 15 is 0 Å². The van der Waals surface area contributed by atoms with Crippen LogP contribution in [0.25, 0.3) is 0 Å². The molecule has 0 saturated heterocycles. The van der Waals surface area contributed by atoms with E-state index in [-0.39, 0.29) is 0 Å². The van der Waals surface area contributed by atoms with Crippen molar-refractivity contribution in [2.45, 2.75) is 30.1 Å². The molecule has 0 spiro atoms. The highest BCUT2D eigenvalue weighted by Gasteiger charge is 2.25. The first-order valence-corrected chi connectivity index (χ1v) is 14.2. The van der Waals surface area contributed by atoms with Gasteiger partial charge in [-0.3, -0.25) is 4.57 Å². The van der Waals surface area contributed by atoms with E-state index < -0.39 is 14.6 Å². The lowest BCUT2D eigenvalue weighted by Gasteiger charge is -2.15. The molecule has 1 rings (SSSR count). The highest BCUT2D eigenvalue weighted by molar-refractivity contribution is 8.89. The van der Waals surface area contributed by atoms with Crippen LogP contribution in [0.3, 0.4) is 0 Å².